The lowest BCUT2D eigenvalue weighted by molar-refractivity contribution is -0.00504. The summed E-state index contributed by atoms with van der Waals surface area (Å²) in [5, 5.41) is 0. The smallest absolute Gasteiger partial charge is 0.111 e. The van der Waals surface area contributed by atoms with Crippen molar-refractivity contribution >= 4 is 0 Å². The fourth-order valence-electron chi connectivity index (χ4n) is 0.994. The molecule has 0 aliphatic rings. The lowest BCUT2D eigenvalue weighted by atomic mass is 10.7. The van der Waals surface area contributed by atoms with Crippen LogP contribution in [0.1, 0.15) is 6.92 Å². The molecular formula is C12H24O5. The average molecular weight is 248 g/mol. The first-order valence-electron chi connectivity index (χ1n) is 5.95. The van der Waals surface area contributed by atoms with Gasteiger partial charge < -0.3 is 23.7 Å². The summed E-state index contributed by atoms with van der Waals surface area (Å²) < 4.78 is 25.8. The maximum Gasteiger partial charge on any atom is 0.111 e. The van der Waals surface area contributed by atoms with Gasteiger partial charge in [-0.3, -0.25) is 0 Å². The minimum absolute atomic E-state index is 0.532. The quantitative estimate of drug-likeness (QED) is 0.342. The molecule has 0 aromatic carbocycles. The third kappa shape index (κ3) is 15.4. The molecule has 0 saturated heterocycles. The van der Waals surface area contributed by atoms with Crippen molar-refractivity contribution in [3.05, 3.63) is 12.8 Å². The summed E-state index contributed by atoms with van der Waals surface area (Å²) in [7, 11) is 0. The second-order valence-electron chi connectivity index (χ2n) is 3.07. The highest BCUT2D eigenvalue weighted by molar-refractivity contribution is 4.47. The molecule has 0 rings (SSSR count). The van der Waals surface area contributed by atoms with Gasteiger partial charge in [-0.2, -0.15) is 0 Å². The van der Waals surface area contributed by atoms with Crippen LogP contribution in [0.3, 0.4) is 0 Å². The summed E-state index contributed by atoms with van der Waals surface area (Å²) in [6.07, 6.45) is 1.40. The van der Waals surface area contributed by atoms with Crippen LogP contribution < -0.4 is 0 Å². The standard InChI is InChI=1S/C12H24O5/c1-3-13-5-7-15-9-11-17-12-10-16-8-6-14-4-2/h3H,1,4-12H2,2H3. The van der Waals surface area contributed by atoms with E-state index in [2.05, 4.69) is 6.58 Å². The van der Waals surface area contributed by atoms with Crippen LogP contribution in [-0.2, 0) is 23.7 Å². The Hall–Kier alpha value is -0.620. The minimum atomic E-state index is 0.532. The van der Waals surface area contributed by atoms with Crippen molar-refractivity contribution in [1.82, 2.24) is 0 Å². The van der Waals surface area contributed by atoms with Gasteiger partial charge in [-0.15, -0.1) is 0 Å². The molecule has 0 amide bonds. The Bertz CT molecular complexity index is 152. The van der Waals surface area contributed by atoms with Crippen LogP contribution in [0, 0.1) is 0 Å². The molecule has 5 nitrogen and oxygen atoms in total. The summed E-state index contributed by atoms with van der Waals surface area (Å²) >= 11 is 0. The Morgan fingerprint density at radius 1 is 0.706 bits per heavy atom. The van der Waals surface area contributed by atoms with E-state index in [1.807, 2.05) is 6.92 Å². The zero-order valence-corrected chi connectivity index (χ0v) is 10.7. The fraction of sp³-hybridized carbons (Fsp3) is 0.833. The maximum absolute atomic E-state index is 5.29. The Kier molecular flexibility index (Phi) is 14.8. The second-order valence-corrected chi connectivity index (χ2v) is 3.07. The van der Waals surface area contributed by atoms with E-state index in [0.29, 0.717) is 52.9 Å². The van der Waals surface area contributed by atoms with Gasteiger partial charge in [-0.25, -0.2) is 0 Å². The molecule has 0 unspecified atom stereocenters. The molecule has 0 saturated carbocycles. The van der Waals surface area contributed by atoms with Gasteiger partial charge in [-0.1, -0.05) is 6.58 Å². The molecule has 0 atom stereocenters. The van der Waals surface area contributed by atoms with Gasteiger partial charge in [0.15, 0.2) is 0 Å². The fourth-order valence-corrected chi connectivity index (χ4v) is 0.994. The molecule has 102 valence electrons. The summed E-state index contributed by atoms with van der Waals surface area (Å²) in [6, 6.07) is 0. The molecule has 0 radical (unpaired) electrons. The molecule has 0 heterocycles. The number of ether oxygens (including phenoxy) is 5. The largest absolute Gasteiger partial charge is 0.499 e. The SMILES string of the molecule is C=COCCOCCOCCOCCOCC. The Labute approximate surface area is 104 Å². The van der Waals surface area contributed by atoms with Crippen molar-refractivity contribution in [3.63, 3.8) is 0 Å². The third-order valence-electron chi connectivity index (χ3n) is 1.78. The highest BCUT2D eigenvalue weighted by atomic mass is 16.6. The van der Waals surface area contributed by atoms with E-state index in [-0.39, 0.29) is 0 Å². The summed E-state index contributed by atoms with van der Waals surface area (Å²) in [4.78, 5) is 0. The number of rotatable bonds is 14. The van der Waals surface area contributed by atoms with Gasteiger partial charge in [0.1, 0.15) is 6.61 Å². The molecule has 0 N–H and O–H groups in total. The highest BCUT2D eigenvalue weighted by Crippen LogP contribution is 1.83. The molecule has 5 heteroatoms. The van der Waals surface area contributed by atoms with Crippen molar-refractivity contribution in [2.75, 3.05) is 59.5 Å². The zero-order chi connectivity index (χ0) is 12.6. The Morgan fingerprint density at radius 2 is 1.12 bits per heavy atom. The predicted octanol–water partition coefficient (Wildman–Crippen LogP) is 1.23. The molecular weight excluding hydrogens is 224 g/mol. The van der Waals surface area contributed by atoms with E-state index < -0.39 is 0 Å². The molecule has 0 bridgehead atoms. The second kappa shape index (κ2) is 15.4. The number of hydrogen-bond acceptors (Lipinski definition) is 5. The summed E-state index contributed by atoms with van der Waals surface area (Å²) in [5.74, 6) is 0. The normalized spacial score (nSPS) is 10.4. The zero-order valence-electron chi connectivity index (χ0n) is 10.7. The first-order chi connectivity index (χ1) is 8.41. The van der Waals surface area contributed by atoms with Crippen molar-refractivity contribution in [1.29, 1.82) is 0 Å². The van der Waals surface area contributed by atoms with E-state index >= 15 is 0 Å². The number of hydrogen-bond donors (Lipinski definition) is 0. The van der Waals surface area contributed by atoms with Crippen LogP contribution in [0.15, 0.2) is 12.8 Å². The Balaban J connectivity index is 2.87. The van der Waals surface area contributed by atoms with Crippen LogP contribution >= 0.6 is 0 Å². The first kappa shape index (κ1) is 16.4. The molecule has 0 fully saturated rings. The van der Waals surface area contributed by atoms with Crippen LogP contribution in [0.4, 0.5) is 0 Å². The Morgan fingerprint density at radius 3 is 1.53 bits per heavy atom. The van der Waals surface area contributed by atoms with Gasteiger partial charge in [-0.05, 0) is 6.92 Å². The van der Waals surface area contributed by atoms with Crippen LogP contribution in [0.25, 0.3) is 0 Å². The molecule has 0 aromatic heterocycles. The lowest BCUT2D eigenvalue weighted by Crippen LogP contribution is -2.12. The van der Waals surface area contributed by atoms with Gasteiger partial charge >= 0.3 is 0 Å². The van der Waals surface area contributed by atoms with Crippen LogP contribution in [0.5, 0.6) is 0 Å². The lowest BCUT2D eigenvalue weighted by Gasteiger charge is -2.06. The van der Waals surface area contributed by atoms with Crippen molar-refractivity contribution in [2.45, 2.75) is 6.92 Å². The van der Waals surface area contributed by atoms with E-state index in [0.717, 1.165) is 6.61 Å². The van der Waals surface area contributed by atoms with E-state index in [1.165, 1.54) is 6.26 Å². The molecule has 0 spiro atoms. The predicted molar refractivity (Wildman–Crippen MR) is 65.1 cm³/mol. The minimum Gasteiger partial charge on any atom is -0.499 e. The summed E-state index contributed by atoms with van der Waals surface area (Å²) in [6.45, 7) is 10.8. The molecule has 0 aliphatic heterocycles. The maximum atomic E-state index is 5.29. The van der Waals surface area contributed by atoms with Crippen LogP contribution in [-0.4, -0.2) is 59.5 Å². The average Bonchev–Trinajstić information content (AvgIpc) is 2.35. The van der Waals surface area contributed by atoms with Gasteiger partial charge in [0, 0.05) is 6.61 Å². The van der Waals surface area contributed by atoms with Crippen molar-refractivity contribution in [2.24, 2.45) is 0 Å². The summed E-state index contributed by atoms with van der Waals surface area (Å²) in [5.41, 5.74) is 0. The monoisotopic (exact) mass is 248 g/mol. The third-order valence-corrected chi connectivity index (χ3v) is 1.78. The van der Waals surface area contributed by atoms with Crippen molar-refractivity contribution in [3.8, 4) is 0 Å². The molecule has 17 heavy (non-hydrogen) atoms. The van der Waals surface area contributed by atoms with Gasteiger partial charge in [0.25, 0.3) is 0 Å². The van der Waals surface area contributed by atoms with E-state index in [4.69, 9.17) is 23.7 Å². The highest BCUT2D eigenvalue weighted by Gasteiger charge is 1.91. The first-order valence-corrected chi connectivity index (χ1v) is 5.95. The molecule has 0 aromatic rings. The van der Waals surface area contributed by atoms with Gasteiger partial charge in [0.05, 0.1) is 52.5 Å². The van der Waals surface area contributed by atoms with Gasteiger partial charge in [0.2, 0.25) is 0 Å². The van der Waals surface area contributed by atoms with E-state index in [1.54, 1.807) is 0 Å². The molecule has 0 aliphatic carbocycles. The van der Waals surface area contributed by atoms with E-state index in [9.17, 15) is 0 Å². The topological polar surface area (TPSA) is 46.2 Å². The van der Waals surface area contributed by atoms with Crippen molar-refractivity contribution < 1.29 is 23.7 Å². The van der Waals surface area contributed by atoms with Crippen LogP contribution in [0.2, 0.25) is 0 Å².